The molecule has 0 atom stereocenters. The summed E-state index contributed by atoms with van der Waals surface area (Å²) >= 11 is 0. The maximum atomic E-state index is 9.69. The van der Waals surface area contributed by atoms with Crippen LogP contribution in [-0.2, 0) is 0 Å². The molecule has 27 heavy (non-hydrogen) atoms. The minimum absolute atomic E-state index is 0.268. The van der Waals surface area contributed by atoms with E-state index >= 15 is 0 Å². The zero-order valence-electron chi connectivity index (χ0n) is 16.0. The number of nitrogens with zero attached hydrogens (tertiary/aromatic N) is 3. The van der Waals surface area contributed by atoms with Crippen LogP contribution >= 0.6 is 0 Å². The molecule has 0 aliphatic rings. The highest BCUT2D eigenvalue weighted by Crippen LogP contribution is 2.36. The largest absolute Gasteiger partial charge is 0.383 e. The Balaban J connectivity index is 2.17. The van der Waals surface area contributed by atoms with Gasteiger partial charge in [0.2, 0.25) is 0 Å². The molecule has 0 spiro atoms. The quantitative estimate of drug-likeness (QED) is 0.697. The van der Waals surface area contributed by atoms with Crippen LogP contribution in [0, 0.1) is 18.3 Å². The van der Waals surface area contributed by atoms with E-state index in [0.29, 0.717) is 5.56 Å². The van der Waals surface area contributed by atoms with Crippen molar-refractivity contribution in [2.24, 2.45) is 0 Å². The first-order valence-corrected chi connectivity index (χ1v) is 9.21. The van der Waals surface area contributed by atoms with E-state index in [0.717, 1.165) is 41.0 Å². The number of rotatable bonds is 5. The van der Waals surface area contributed by atoms with Gasteiger partial charge in [-0.3, -0.25) is 0 Å². The zero-order chi connectivity index (χ0) is 19.4. The number of hydrogen-bond acceptors (Lipinski definition) is 4. The summed E-state index contributed by atoms with van der Waals surface area (Å²) in [5, 5.41) is 9.69. The van der Waals surface area contributed by atoms with Crippen molar-refractivity contribution in [2.45, 2.75) is 20.8 Å². The molecule has 2 aromatic carbocycles. The van der Waals surface area contributed by atoms with Gasteiger partial charge in [0, 0.05) is 29.9 Å². The molecule has 0 radical (unpaired) electrons. The maximum absolute atomic E-state index is 9.69. The van der Waals surface area contributed by atoms with E-state index < -0.39 is 0 Å². The second-order valence-electron chi connectivity index (χ2n) is 6.42. The first-order chi connectivity index (χ1) is 13.1. The van der Waals surface area contributed by atoms with Gasteiger partial charge in [-0.05, 0) is 44.0 Å². The first kappa shape index (κ1) is 18.5. The van der Waals surface area contributed by atoms with Crippen LogP contribution in [0.2, 0.25) is 0 Å². The molecule has 0 unspecified atom stereocenters. The summed E-state index contributed by atoms with van der Waals surface area (Å²) < 4.78 is 0. The van der Waals surface area contributed by atoms with Crippen LogP contribution in [0.4, 0.5) is 11.5 Å². The molecule has 4 nitrogen and oxygen atoms in total. The monoisotopic (exact) mass is 356 g/mol. The lowest BCUT2D eigenvalue weighted by Gasteiger charge is -2.21. The Hall–Kier alpha value is -3.32. The molecule has 0 aliphatic carbocycles. The highest BCUT2D eigenvalue weighted by molar-refractivity contribution is 5.84. The van der Waals surface area contributed by atoms with Gasteiger partial charge in [0.1, 0.15) is 17.5 Å². The van der Waals surface area contributed by atoms with Gasteiger partial charge in [-0.15, -0.1) is 0 Å². The summed E-state index contributed by atoms with van der Waals surface area (Å²) in [6.07, 6.45) is 0. The van der Waals surface area contributed by atoms with E-state index in [2.05, 4.69) is 54.1 Å². The fourth-order valence-corrected chi connectivity index (χ4v) is 3.47. The number of anilines is 2. The third kappa shape index (κ3) is 3.50. The molecule has 3 aromatic rings. The molecule has 0 saturated heterocycles. The first-order valence-electron chi connectivity index (χ1n) is 9.21. The van der Waals surface area contributed by atoms with Crippen molar-refractivity contribution in [3.8, 4) is 28.5 Å². The van der Waals surface area contributed by atoms with Crippen molar-refractivity contribution in [3.05, 3.63) is 65.7 Å². The average molecular weight is 356 g/mol. The molecule has 3 rings (SSSR count). The van der Waals surface area contributed by atoms with Gasteiger partial charge < -0.3 is 10.6 Å². The van der Waals surface area contributed by atoms with Crippen LogP contribution in [0.15, 0.2) is 54.6 Å². The second-order valence-corrected chi connectivity index (χ2v) is 6.42. The Bertz CT molecular complexity index is 966. The zero-order valence-corrected chi connectivity index (χ0v) is 16.0. The van der Waals surface area contributed by atoms with Crippen LogP contribution in [0.5, 0.6) is 0 Å². The summed E-state index contributed by atoms with van der Waals surface area (Å²) in [6, 6.07) is 20.5. The van der Waals surface area contributed by atoms with Gasteiger partial charge >= 0.3 is 0 Å². The van der Waals surface area contributed by atoms with Crippen molar-refractivity contribution >= 4 is 11.5 Å². The summed E-state index contributed by atoms with van der Waals surface area (Å²) in [5.41, 5.74) is 12.4. The van der Waals surface area contributed by atoms with Crippen molar-refractivity contribution in [1.29, 1.82) is 5.26 Å². The van der Waals surface area contributed by atoms with Crippen LogP contribution < -0.4 is 10.6 Å². The normalized spacial score (nSPS) is 10.4. The molecule has 1 heterocycles. The van der Waals surface area contributed by atoms with Gasteiger partial charge in [-0.25, -0.2) is 4.98 Å². The number of aromatic nitrogens is 1. The fourth-order valence-electron chi connectivity index (χ4n) is 3.47. The minimum atomic E-state index is 0.268. The van der Waals surface area contributed by atoms with Crippen LogP contribution in [0.3, 0.4) is 0 Å². The van der Waals surface area contributed by atoms with Crippen LogP contribution in [0.25, 0.3) is 22.4 Å². The van der Waals surface area contributed by atoms with Gasteiger partial charge in [-0.2, -0.15) is 5.26 Å². The van der Waals surface area contributed by atoms with Crippen molar-refractivity contribution in [2.75, 3.05) is 23.7 Å². The highest BCUT2D eigenvalue weighted by Gasteiger charge is 2.18. The second kappa shape index (κ2) is 7.92. The molecule has 0 saturated carbocycles. The van der Waals surface area contributed by atoms with E-state index in [-0.39, 0.29) is 5.82 Å². The van der Waals surface area contributed by atoms with Crippen LogP contribution in [0.1, 0.15) is 25.0 Å². The minimum Gasteiger partial charge on any atom is -0.383 e. The molecule has 1 aromatic heterocycles. The lowest BCUT2D eigenvalue weighted by atomic mass is 9.92. The van der Waals surface area contributed by atoms with Crippen molar-refractivity contribution in [1.82, 2.24) is 4.98 Å². The lowest BCUT2D eigenvalue weighted by molar-refractivity contribution is 0.866. The Labute approximate surface area is 160 Å². The van der Waals surface area contributed by atoms with Gasteiger partial charge in [-0.1, -0.05) is 42.5 Å². The van der Waals surface area contributed by atoms with E-state index in [1.165, 1.54) is 5.69 Å². The summed E-state index contributed by atoms with van der Waals surface area (Å²) in [5.74, 6) is 0.268. The number of nitrogen functional groups attached to an aromatic ring is 1. The maximum Gasteiger partial charge on any atom is 0.142 e. The summed E-state index contributed by atoms with van der Waals surface area (Å²) in [6.45, 7) is 8.21. The lowest BCUT2D eigenvalue weighted by Crippen LogP contribution is -2.21. The van der Waals surface area contributed by atoms with Gasteiger partial charge in [0.25, 0.3) is 0 Å². The SMILES string of the molecule is CCN(CC)c1ccc(-c2c(C)c(-c3ccccc3)nc(N)c2C#N)cc1. The van der Waals surface area contributed by atoms with E-state index in [4.69, 9.17) is 5.73 Å². The number of hydrogen-bond donors (Lipinski definition) is 1. The van der Waals surface area contributed by atoms with Gasteiger partial charge in [0.15, 0.2) is 0 Å². The molecule has 0 amide bonds. The Morgan fingerprint density at radius 2 is 1.59 bits per heavy atom. The smallest absolute Gasteiger partial charge is 0.142 e. The topological polar surface area (TPSA) is 65.9 Å². The molecular formula is C23H24N4. The average Bonchev–Trinajstić information content (AvgIpc) is 2.71. The standard InChI is InChI=1S/C23H24N4/c1-4-27(5-2)19-13-11-17(12-14-19)21-16(3)22(18-9-7-6-8-10-18)26-23(25)20(21)15-24/h6-14H,4-5H2,1-3H3,(H2,25,26). The molecular weight excluding hydrogens is 332 g/mol. The van der Waals surface area contributed by atoms with E-state index in [1.54, 1.807) is 0 Å². The van der Waals surface area contributed by atoms with E-state index in [1.807, 2.05) is 37.3 Å². The molecule has 4 heteroatoms. The number of nitriles is 1. The Morgan fingerprint density at radius 1 is 0.963 bits per heavy atom. The number of nitrogens with two attached hydrogens (primary N) is 1. The predicted octanol–water partition coefficient (Wildman–Crippen LogP) is 5.02. The number of benzene rings is 2. The number of pyridine rings is 1. The highest BCUT2D eigenvalue weighted by atomic mass is 15.1. The fraction of sp³-hybridized carbons (Fsp3) is 0.217. The third-order valence-corrected chi connectivity index (χ3v) is 4.91. The summed E-state index contributed by atoms with van der Waals surface area (Å²) in [4.78, 5) is 6.81. The predicted molar refractivity (Wildman–Crippen MR) is 113 cm³/mol. The van der Waals surface area contributed by atoms with Gasteiger partial charge in [0.05, 0.1) is 5.69 Å². The molecule has 0 aliphatic heterocycles. The molecule has 136 valence electrons. The summed E-state index contributed by atoms with van der Waals surface area (Å²) in [7, 11) is 0. The Kier molecular flexibility index (Phi) is 5.42. The molecule has 0 fully saturated rings. The van der Waals surface area contributed by atoms with Crippen LogP contribution in [-0.4, -0.2) is 18.1 Å². The third-order valence-electron chi connectivity index (χ3n) is 4.91. The Morgan fingerprint density at radius 3 is 2.15 bits per heavy atom. The molecule has 2 N–H and O–H groups in total. The van der Waals surface area contributed by atoms with Crippen molar-refractivity contribution < 1.29 is 0 Å². The van der Waals surface area contributed by atoms with E-state index in [9.17, 15) is 5.26 Å². The van der Waals surface area contributed by atoms with Crippen molar-refractivity contribution in [3.63, 3.8) is 0 Å². The molecule has 0 bridgehead atoms.